The fourth-order valence-electron chi connectivity index (χ4n) is 1.72. The van der Waals surface area contributed by atoms with Crippen LogP contribution >= 0.6 is 0 Å². The summed E-state index contributed by atoms with van der Waals surface area (Å²) >= 11 is 0. The Morgan fingerprint density at radius 2 is 1.33 bits per heavy atom. The molecule has 0 saturated carbocycles. The molecule has 0 aliphatic heterocycles. The van der Waals surface area contributed by atoms with Crippen molar-refractivity contribution in [1.82, 2.24) is 0 Å². The number of allylic oxidation sites excluding steroid dienone is 1. The van der Waals surface area contributed by atoms with E-state index in [9.17, 15) is 4.79 Å². The van der Waals surface area contributed by atoms with Gasteiger partial charge in [0.2, 0.25) is 0 Å². The summed E-state index contributed by atoms with van der Waals surface area (Å²) in [6.07, 6.45) is 1.48. The summed E-state index contributed by atoms with van der Waals surface area (Å²) in [5, 5.41) is 0. The molecule has 0 amide bonds. The van der Waals surface area contributed by atoms with Gasteiger partial charge in [-0.2, -0.15) is 0 Å². The molecule has 0 spiro atoms. The highest BCUT2D eigenvalue weighted by molar-refractivity contribution is 5.89. The summed E-state index contributed by atoms with van der Waals surface area (Å²) in [4.78, 5) is 11.1. The topological polar surface area (TPSA) is 17.1 Å². The highest BCUT2D eigenvalue weighted by Gasteiger charge is 2.02. The number of ketones is 1. The molecule has 18 heavy (non-hydrogen) atoms. The summed E-state index contributed by atoms with van der Waals surface area (Å²) in [7, 11) is 0. The minimum Gasteiger partial charge on any atom is -0.294 e. The van der Waals surface area contributed by atoms with E-state index in [-0.39, 0.29) is 5.78 Å². The lowest BCUT2D eigenvalue weighted by Crippen LogP contribution is -1.86. The van der Waals surface area contributed by atoms with Crippen molar-refractivity contribution >= 4 is 11.4 Å². The Morgan fingerprint density at radius 3 is 1.72 bits per heavy atom. The predicted molar refractivity (Wildman–Crippen MR) is 74.2 cm³/mol. The zero-order valence-corrected chi connectivity index (χ0v) is 10.3. The normalized spacial score (nSPS) is 9.39. The molecule has 1 nitrogen and oxygen atoms in total. The van der Waals surface area contributed by atoms with Crippen LogP contribution in [0.1, 0.15) is 18.1 Å². The second-order valence-corrected chi connectivity index (χ2v) is 4.01. The van der Waals surface area contributed by atoms with Crippen LogP contribution in [-0.2, 0) is 4.79 Å². The van der Waals surface area contributed by atoms with Gasteiger partial charge in [0.05, 0.1) is 0 Å². The molecule has 0 aliphatic rings. The molecular weight excluding hydrogens is 220 g/mol. The molecule has 0 fully saturated rings. The fraction of sp³-hybridized carbons (Fsp3) is 0.0588. The summed E-state index contributed by atoms with van der Waals surface area (Å²) in [5.41, 5.74) is 6.14. The maximum absolute atomic E-state index is 11.1. The van der Waals surface area contributed by atoms with Crippen LogP contribution in [0.15, 0.2) is 72.5 Å². The van der Waals surface area contributed by atoms with Gasteiger partial charge in [-0.05, 0) is 18.1 Å². The Labute approximate surface area is 107 Å². The van der Waals surface area contributed by atoms with E-state index in [4.69, 9.17) is 0 Å². The van der Waals surface area contributed by atoms with Gasteiger partial charge in [0, 0.05) is 11.6 Å². The molecule has 0 aliphatic carbocycles. The van der Waals surface area contributed by atoms with E-state index in [0.717, 1.165) is 16.7 Å². The smallest absolute Gasteiger partial charge is 0.160 e. The van der Waals surface area contributed by atoms with Crippen LogP contribution < -0.4 is 0 Å². The third-order valence-corrected chi connectivity index (χ3v) is 2.54. The molecule has 1 heteroatoms. The van der Waals surface area contributed by atoms with E-state index in [1.165, 1.54) is 13.0 Å². The SMILES string of the molecule is CC(=O)C=C=C(c1ccccc1)c1ccccc1. The Kier molecular flexibility index (Phi) is 3.90. The molecule has 0 saturated heterocycles. The largest absolute Gasteiger partial charge is 0.294 e. The lowest BCUT2D eigenvalue weighted by atomic mass is 9.99. The van der Waals surface area contributed by atoms with Gasteiger partial charge in [-0.3, -0.25) is 4.79 Å². The molecule has 88 valence electrons. The lowest BCUT2D eigenvalue weighted by Gasteiger charge is -2.04. The number of carbonyl (C=O) groups excluding carboxylic acids is 1. The summed E-state index contributed by atoms with van der Waals surface area (Å²) in [5.74, 6) is -0.000591. The molecule has 0 unspecified atom stereocenters. The molecule has 0 heterocycles. The maximum Gasteiger partial charge on any atom is 0.160 e. The van der Waals surface area contributed by atoms with E-state index < -0.39 is 0 Å². The third kappa shape index (κ3) is 3.07. The minimum absolute atomic E-state index is 0.000591. The molecule has 0 aromatic heterocycles. The quantitative estimate of drug-likeness (QED) is 0.582. The van der Waals surface area contributed by atoms with Crippen LogP contribution in [0, 0.1) is 0 Å². The number of rotatable bonds is 3. The highest BCUT2D eigenvalue weighted by atomic mass is 16.1. The molecule has 0 atom stereocenters. The standard InChI is InChI=1S/C17H14O/c1-14(18)12-13-17(15-8-4-2-5-9-15)16-10-6-3-7-11-16/h2-12H,1H3. The van der Waals surface area contributed by atoms with E-state index >= 15 is 0 Å². The molecular formula is C17H14O. The molecule has 2 aromatic carbocycles. The van der Waals surface area contributed by atoms with Gasteiger partial charge >= 0.3 is 0 Å². The van der Waals surface area contributed by atoms with Crippen LogP contribution in [0.3, 0.4) is 0 Å². The summed E-state index contributed by atoms with van der Waals surface area (Å²) < 4.78 is 0. The molecule has 2 aromatic rings. The van der Waals surface area contributed by atoms with Gasteiger partial charge in [-0.15, -0.1) is 5.73 Å². The van der Waals surface area contributed by atoms with Gasteiger partial charge in [0.25, 0.3) is 0 Å². The van der Waals surface area contributed by atoms with Crippen LogP contribution in [0.25, 0.3) is 5.57 Å². The van der Waals surface area contributed by atoms with Crippen molar-refractivity contribution in [3.63, 3.8) is 0 Å². The van der Waals surface area contributed by atoms with Crippen molar-refractivity contribution in [1.29, 1.82) is 0 Å². The van der Waals surface area contributed by atoms with Crippen molar-refractivity contribution in [3.05, 3.63) is 83.6 Å². The minimum atomic E-state index is -0.000591. The van der Waals surface area contributed by atoms with Crippen LogP contribution in [0.2, 0.25) is 0 Å². The van der Waals surface area contributed by atoms with Crippen LogP contribution in [-0.4, -0.2) is 5.78 Å². The second-order valence-electron chi connectivity index (χ2n) is 4.01. The van der Waals surface area contributed by atoms with Gasteiger partial charge in [0.1, 0.15) is 0 Å². The number of benzene rings is 2. The van der Waals surface area contributed by atoms with E-state index in [1.54, 1.807) is 0 Å². The van der Waals surface area contributed by atoms with Crippen molar-refractivity contribution in [2.75, 3.05) is 0 Å². The zero-order chi connectivity index (χ0) is 12.8. The Morgan fingerprint density at radius 1 is 0.889 bits per heavy atom. The number of hydrogen-bond donors (Lipinski definition) is 0. The van der Waals surface area contributed by atoms with E-state index in [0.29, 0.717) is 0 Å². The summed E-state index contributed by atoms with van der Waals surface area (Å²) in [6.45, 7) is 1.53. The second kappa shape index (κ2) is 5.81. The molecule has 0 bridgehead atoms. The van der Waals surface area contributed by atoms with Gasteiger partial charge < -0.3 is 0 Å². The van der Waals surface area contributed by atoms with Crippen molar-refractivity contribution in [3.8, 4) is 0 Å². The zero-order valence-electron chi connectivity index (χ0n) is 10.3. The van der Waals surface area contributed by atoms with Crippen LogP contribution in [0.5, 0.6) is 0 Å². The van der Waals surface area contributed by atoms with Crippen LogP contribution in [0.4, 0.5) is 0 Å². The van der Waals surface area contributed by atoms with Crippen molar-refractivity contribution in [2.24, 2.45) is 0 Å². The van der Waals surface area contributed by atoms with Crippen molar-refractivity contribution in [2.45, 2.75) is 6.92 Å². The third-order valence-electron chi connectivity index (χ3n) is 2.54. The fourth-order valence-corrected chi connectivity index (χ4v) is 1.72. The Hall–Kier alpha value is -2.37. The predicted octanol–water partition coefficient (Wildman–Crippen LogP) is 3.86. The van der Waals surface area contributed by atoms with Gasteiger partial charge in [0.15, 0.2) is 5.78 Å². The first kappa shape index (κ1) is 12.1. The Balaban J connectivity index is 2.56. The van der Waals surface area contributed by atoms with E-state index in [2.05, 4.69) is 5.73 Å². The highest BCUT2D eigenvalue weighted by Crippen LogP contribution is 2.21. The van der Waals surface area contributed by atoms with Crippen molar-refractivity contribution < 1.29 is 4.79 Å². The first-order valence-electron chi connectivity index (χ1n) is 5.85. The number of carbonyl (C=O) groups is 1. The molecule has 0 N–H and O–H groups in total. The number of hydrogen-bond acceptors (Lipinski definition) is 1. The van der Waals surface area contributed by atoms with E-state index in [1.807, 2.05) is 60.7 Å². The molecule has 0 radical (unpaired) electrons. The maximum atomic E-state index is 11.1. The monoisotopic (exact) mass is 234 g/mol. The average molecular weight is 234 g/mol. The summed E-state index contributed by atoms with van der Waals surface area (Å²) in [6, 6.07) is 19.9. The lowest BCUT2D eigenvalue weighted by molar-refractivity contribution is -0.112. The van der Waals surface area contributed by atoms with Gasteiger partial charge in [-0.1, -0.05) is 60.7 Å². The average Bonchev–Trinajstić information content (AvgIpc) is 2.41. The first-order valence-corrected chi connectivity index (χ1v) is 5.85. The molecule has 2 rings (SSSR count). The first-order chi connectivity index (χ1) is 8.77. The van der Waals surface area contributed by atoms with Gasteiger partial charge in [-0.25, -0.2) is 0 Å². The Bertz CT molecular complexity index is 547.